The molecule has 4 nitrogen and oxygen atoms in total. The van der Waals surface area contributed by atoms with Crippen molar-refractivity contribution in [3.63, 3.8) is 0 Å². The molecular formula is C9H14N2O2S. The summed E-state index contributed by atoms with van der Waals surface area (Å²) < 4.78 is 5.08. The quantitative estimate of drug-likeness (QED) is 0.782. The summed E-state index contributed by atoms with van der Waals surface area (Å²) in [4.78, 5) is 16.3. The van der Waals surface area contributed by atoms with Crippen molar-refractivity contribution in [1.82, 2.24) is 4.98 Å². The molecule has 1 N–H and O–H groups in total. The van der Waals surface area contributed by atoms with Crippen LogP contribution in [0.15, 0.2) is 5.51 Å². The number of carbonyl (C=O) groups is 1. The van der Waals surface area contributed by atoms with Gasteiger partial charge in [-0.3, -0.25) is 5.32 Å². The molecule has 0 unspecified atom stereocenters. The van der Waals surface area contributed by atoms with E-state index in [1.165, 1.54) is 11.3 Å². The molecule has 1 aromatic heterocycles. The van der Waals surface area contributed by atoms with Gasteiger partial charge >= 0.3 is 6.09 Å². The zero-order valence-corrected chi connectivity index (χ0v) is 9.57. The van der Waals surface area contributed by atoms with Crippen molar-refractivity contribution >= 4 is 23.2 Å². The molecule has 0 fully saturated rings. The Kier molecular flexibility index (Phi) is 3.10. The van der Waals surface area contributed by atoms with Gasteiger partial charge in [0, 0.05) is 4.88 Å². The van der Waals surface area contributed by atoms with Gasteiger partial charge in [-0.05, 0) is 27.7 Å². The summed E-state index contributed by atoms with van der Waals surface area (Å²) in [5.41, 5.74) is 1.20. The first-order valence-corrected chi connectivity index (χ1v) is 5.16. The number of ether oxygens (including phenoxy) is 1. The Hall–Kier alpha value is -1.10. The van der Waals surface area contributed by atoms with Gasteiger partial charge < -0.3 is 4.74 Å². The summed E-state index contributed by atoms with van der Waals surface area (Å²) in [6, 6.07) is 0. The fourth-order valence-electron chi connectivity index (χ4n) is 0.825. The molecule has 0 bridgehead atoms. The fraction of sp³-hybridized carbons (Fsp3) is 0.556. The van der Waals surface area contributed by atoms with Crippen LogP contribution in [-0.2, 0) is 4.74 Å². The molecule has 0 aromatic carbocycles. The van der Waals surface area contributed by atoms with Crippen LogP contribution in [0.25, 0.3) is 0 Å². The van der Waals surface area contributed by atoms with Crippen LogP contribution >= 0.6 is 11.3 Å². The zero-order valence-electron chi connectivity index (χ0n) is 8.75. The van der Waals surface area contributed by atoms with Crippen molar-refractivity contribution in [2.45, 2.75) is 33.3 Å². The number of carbonyl (C=O) groups excluding carboxylic acids is 1. The van der Waals surface area contributed by atoms with Crippen LogP contribution in [-0.4, -0.2) is 16.7 Å². The maximum absolute atomic E-state index is 11.3. The van der Waals surface area contributed by atoms with Gasteiger partial charge in [0.1, 0.15) is 11.4 Å². The third kappa shape index (κ3) is 3.33. The van der Waals surface area contributed by atoms with Gasteiger partial charge in [0.2, 0.25) is 0 Å². The second-order valence-corrected chi connectivity index (χ2v) is 4.94. The van der Waals surface area contributed by atoms with Crippen molar-refractivity contribution in [3.8, 4) is 0 Å². The lowest BCUT2D eigenvalue weighted by atomic mass is 10.2. The summed E-state index contributed by atoms with van der Waals surface area (Å²) in [6.07, 6.45) is -0.466. The second kappa shape index (κ2) is 3.96. The molecule has 78 valence electrons. The van der Waals surface area contributed by atoms with Gasteiger partial charge in [-0.2, -0.15) is 0 Å². The summed E-state index contributed by atoms with van der Waals surface area (Å²) in [6.45, 7) is 7.35. The highest BCUT2D eigenvalue weighted by molar-refractivity contribution is 7.10. The number of thiazole rings is 1. The molecule has 0 spiro atoms. The van der Waals surface area contributed by atoms with E-state index in [0.717, 1.165) is 4.88 Å². The average molecular weight is 214 g/mol. The van der Waals surface area contributed by atoms with E-state index in [4.69, 9.17) is 4.74 Å². The van der Waals surface area contributed by atoms with Crippen LogP contribution in [0.1, 0.15) is 25.6 Å². The van der Waals surface area contributed by atoms with Crippen LogP contribution in [0.4, 0.5) is 10.6 Å². The first-order valence-electron chi connectivity index (χ1n) is 4.28. The summed E-state index contributed by atoms with van der Waals surface area (Å²) >= 11 is 1.48. The van der Waals surface area contributed by atoms with Gasteiger partial charge in [0.15, 0.2) is 0 Å². The number of hydrogen-bond acceptors (Lipinski definition) is 4. The SMILES string of the molecule is Cc1scnc1NC(=O)OC(C)(C)C. The topological polar surface area (TPSA) is 51.2 Å². The van der Waals surface area contributed by atoms with Crippen LogP contribution < -0.4 is 5.32 Å². The number of amides is 1. The molecule has 0 aliphatic rings. The molecule has 1 heterocycles. The average Bonchev–Trinajstić information content (AvgIpc) is 2.32. The van der Waals surface area contributed by atoms with Crippen molar-refractivity contribution in [2.75, 3.05) is 5.32 Å². The van der Waals surface area contributed by atoms with E-state index in [9.17, 15) is 4.79 Å². The summed E-state index contributed by atoms with van der Waals surface area (Å²) in [5.74, 6) is 0.573. The fourth-order valence-corrected chi connectivity index (χ4v) is 1.36. The largest absolute Gasteiger partial charge is 0.444 e. The van der Waals surface area contributed by atoms with Crippen molar-refractivity contribution in [2.24, 2.45) is 0 Å². The maximum Gasteiger partial charge on any atom is 0.413 e. The van der Waals surface area contributed by atoms with Gasteiger partial charge in [0.25, 0.3) is 0 Å². The summed E-state index contributed by atoms with van der Waals surface area (Å²) in [7, 11) is 0. The number of nitrogens with one attached hydrogen (secondary N) is 1. The monoisotopic (exact) mass is 214 g/mol. The van der Waals surface area contributed by atoms with E-state index in [0.29, 0.717) is 5.82 Å². The van der Waals surface area contributed by atoms with Crippen LogP contribution in [0, 0.1) is 6.92 Å². The van der Waals surface area contributed by atoms with E-state index in [1.807, 2.05) is 27.7 Å². The molecule has 1 aromatic rings. The van der Waals surface area contributed by atoms with E-state index in [1.54, 1.807) is 5.51 Å². The van der Waals surface area contributed by atoms with Gasteiger partial charge in [-0.1, -0.05) is 0 Å². The molecule has 0 aliphatic carbocycles. The molecular weight excluding hydrogens is 200 g/mol. The van der Waals surface area contributed by atoms with Crippen molar-refractivity contribution < 1.29 is 9.53 Å². The predicted octanol–water partition coefficient (Wildman–Crippen LogP) is 2.80. The maximum atomic E-state index is 11.3. The molecule has 14 heavy (non-hydrogen) atoms. The first kappa shape index (κ1) is 11.0. The lowest BCUT2D eigenvalue weighted by Gasteiger charge is -2.19. The number of aryl methyl sites for hydroxylation is 1. The minimum atomic E-state index is -0.478. The Balaban J connectivity index is 2.54. The molecule has 1 amide bonds. The first-order chi connectivity index (χ1) is 6.38. The zero-order chi connectivity index (χ0) is 10.8. The van der Waals surface area contributed by atoms with Crippen molar-refractivity contribution in [1.29, 1.82) is 0 Å². The molecule has 1 rings (SSSR count). The van der Waals surface area contributed by atoms with Gasteiger partial charge in [-0.15, -0.1) is 11.3 Å². The van der Waals surface area contributed by atoms with Gasteiger partial charge in [0.05, 0.1) is 5.51 Å². The Morgan fingerprint density at radius 3 is 2.64 bits per heavy atom. The molecule has 0 atom stereocenters. The molecule has 0 radical (unpaired) electrons. The lowest BCUT2D eigenvalue weighted by Crippen LogP contribution is -2.27. The molecule has 0 saturated carbocycles. The highest BCUT2D eigenvalue weighted by Gasteiger charge is 2.17. The predicted molar refractivity (Wildman–Crippen MR) is 56.7 cm³/mol. The van der Waals surface area contributed by atoms with Crippen molar-refractivity contribution in [3.05, 3.63) is 10.4 Å². The number of hydrogen-bond donors (Lipinski definition) is 1. The van der Waals surface area contributed by atoms with E-state index in [-0.39, 0.29) is 0 Å². The smallest absolute Gasteiger partial charge is 0.413 e. The van der Waals surface area contributed by atoms with E-state index in [2.05, 4.69) is 10.3 Å². The third-order valence-electron chi connectivity index (χ3n) is 1.36. The van der Waals surface area contributed by atoms with Crippen LogP contribution in [0.3, 0.4) is 0 Å². The van der Waals surface area contributed by atoms with E-state index >= 15 is 0 Å². The second-order valence-electron chi connectivity index (χ2n) is 3.88. The van der Waals surface area contributed by atoms with E-state index < -0.39 is 11.7 Å². The highest BCUT2D eigenvalue weighted by Crippen LogP contribution is 2.17. The van der Waals surface area contributed by atoms with Crippen LogP contribution in [0.2, 0.25) is 0 Å². The number of aromatic nitrogens is 1. The molecule has 5 heteroatoms. The number of anilines is 1. The lowest BCUT2D eigenvalue weighted by molar-refractivity contribution is 0.0635. The standard InChI is InChI=1S/C9H14N2O2S/c1-6-7(10-5-14-6)11-8(12)13-9(2,3)4/h5H,1-4H3,(H,11,12). The van der Waals surface area contributed by atoms with Gasteiger partial charge in [-0.25, -0.2) is 9.78 Å². The molecule has 0 saturated heterocycles. The van der Waals surface area contributed by atoms with Crippen LogP contribution in [0.5, 0.6) is 0 Å². The molecule has 0 aliphatic heterocycles. The summed E-state index contributed by atoms with van der Waals surface area (Å²) in [5, 5.41) is 2.58. The Labute approximate surface area is 87.3 Å². The number of nitrogens with zero attached hydrogens (tertiary/aromatic N) is 1. The Morgan fingerprint density at radius 2 is 2.21 bits per heavy atom. The third-order valence-corrected chi connectivity index (χ3v) is 2.12. The normalized spacial score (nSPS) is 11.1. The minimum Gasteiger partial charge on any atom is -0.444 e. The minimum absolute atomic E-state index is 0.466. The Bertz CT molecular complexity index is 328. The number of rotatable bonds is 1. The highest BCUT2D eigenvalue weighted by atomic mass is 32.1. The Morgan fingerprint density at radius 1 is 1.57 bits per heavy atom.